The molecule has 9 rings (SSSR count). The number of aromatic nitrogens is 3. The predicted octanol–water partition coefficient (Wildman–Crippen LogP) is 9.24. The number of hydrogen-bond acceptors (Lipinski definition) is 6. The van der Waals surface area contributed by atoms with Crippen LogP contribution in [0, 0.1) is 44.8 Å². The van der Waals surface area contributed by atoms with Crippen molar-refractivity contribution in [2.75, 3.05) is 32.0 Å². The van der Waals surface area contributed by atoms with E-state index in [1.54, 1.807) is 5.57 Å². The number of carbonyl (C=O) groups is 1. The summed E-state index contributed by atoms with van der Waals surface area (Å²) >= 11 is 0. The lowest BCUT2D eigenvalue weighted by molar-refractivity contribution is -0.181. The van der Waals surface area contributed by atoms with E-state index in [1.165, 1.54) is 40.9 Å². The van der Waals surface area contributed by atoms with Gasteiger partial charge in [0.15, 0.2) is 0 Å². The van der Waals surface area contributed by atoms with E-state index < -0.39 is 5.41 Å². The van der Waals surface area contributed by atoms with E-state index in [9.17, 15) is 4.79 Å². The maximum absolute atomic E-state index is 14.9. The summed E-state index contributed by atoms with van der Waals surface area (Å²) in [6, 6.07) is 12.7. The van der Waals surface area contributed by atoms with Crippen LogP contribution in [0.1, 0.15) is 128 Å². The standard InChI is InChI=1S/C47H65N5O3/c1-42(2)15-17-47(41(53)55-29-30-11-9-8-10-12-30)18-16-46(7)38(35(47)26-42)33(31-23-32(49-27-31)28-52-19-21-54-22-20-52)24-37-44(5)25-34-39(50-51-40(34)48)43(3,4)36(44)13-14-45(37,46)6/h8-12,23,27,35-37,49H,13-22,24-26,28-29H2,1-7H3,(H3,48,50,51)/t35-,36-,37?,44-,45+,46+,47-/m0/s1. The van der Waals surface area contributed by atoms with Crippen molar-refractivity contribution in [2.24, 2.45) is 44.8 Å². The quantitative estimate of drug-likeness (QED) is 0.217. The van der Waals surface area contributed by atoms with Gasteiger partial charge in [-0.1, -0.05) is 84.4 Å². The van der Waals surface area contributed by atoms with Crippen molar-refractivity contribution in [3.63, 3.8) is 0 Å². The minimum Gasteiger partial charge on any atom is -0.460 e. The number of rotatable bonds is 6. The van der Waals surface area contributed by atoms with Crippen LogP contribution < -0.4 is 5.73 Å². The molecule has 3 aromatic rings. The van der Waals surface area contributed by atoms with Crippen LogP contribution in [0.25, 0.3) is 5.57 Å². The number of nitrogens with two attached hydrogens (primary N) is 1. The highest BCUT2D eigenvalue weighted by molar-refractivity contribution is 5.81. The predicted molar refractivity (Wildman–Crippen MR) is 218 cm³/mol. The van der Waals surface area contributed by atoms with Crippen molar-refractivity contribution < 1.29 is 14.3 Å². The first-order valence-corrected chi connectivity index (χ1v) is 21.4. The van der Waals surface area contributed by atoms with Gasteiger partial charge in [-0.05, 0) is 120 Å². The second-order valence-corrected chi connectivity index (χ2v) is 20.8. The average Bonchev–Trinajstić information content (AvgIpc) is 3.77. The Hall–Kier alpha value is -3.36. The van der Waals surface area contributed by atoms with Crippen molar-refractivity contribution in [1.29, 1.82) is 0 Å². The van der Waals surface area contributed by atoms with E-state index in [-0.39, 0.29) is 39.0 Å². The van der Waals surface area contributed by atoms with Crippen LogP contribution in [-0.4, -0.2) is 52.4 Å². The normalized spacial score (nSPS) is 36.5. The molecule has 4 fully saturated rings. The van der Waals surface area contributed by atoms with Gasteiger partial charge in [0.2, 0.25) is 0 Å². The third-order valence-corrected chi connectivity index (χ3v) is 17.1. The molecule has 5 aliphatic carbocycles. The van der Waals surface area contributed by atoms with Gasteiger partial charge in [0.1, 0.15) is 12.4 Å². The molecule has 1 unspecified atom stereocenters. The van der Waals surface area contributed by atoms with Gasteiger partial charge < -0.3 is 20.2 Å². The van der Waals surface area contributed by atoms with Crippen LogP contribution in [0.3, 0.4) is 0 Å². The highest BCUT2D eigenvalue weighted by atomic mass is 16.5. The van der Waals surface area contributed by atoms with E-state index in [0.29, 0.717) is 18.4 Å². The summed E-state index contributed by atoms with van der Waals surface area (Å²) in [5.74, 6) is 1.83. The number of anilines is 1. The minimum absolute atomic E-state index is 0.0211. The third-order valence-electron chi connectivity index (χ3n) is 17.1. The highest BCUT2D eigenvalue weighted by Gasteiger charge is 2.70. The van der Waals surface area contributed by atoms with Crippen molar-refractivity contribution in [1.82, 2.24) is 20.1 Å². The van der Waals surface area contributed by atoms with Crippen molar-refractivity contribution in [3.8, 4) is 0 Å². The van der Waals surface area contributed by atoms with E-state index >= 15 is 0 Å². The number of hydrogen-bond donors (Lipinski definition) is 3. The SMILES string of the molecule is CC1(C)CC[C@]2(C(=O)OCc3ccccc3)CC[C@]3(C)C(=C(c4c[nH]c(CN5CCOCC5)c4)CC4[C@@]5(C)Cc6c(n[nH]c6N)C(C)(C)[C@@H]5CC[C@]43C)[C@@H]2C1. The van der Waals surface area contributed by atoms with Gasteiger partial charge in [0.25, 0.3) is 0 Å². The molecule has 2 aromatic heterocycles. The van der Waals surface area contributed by atoms with E-state index in [4.69, 9.17) is 20.3 Å². The Kier molecular flexibility index (Phi) is 8.68. The molecule has 0 amide bonds. The van der Waals surface area contributed by atoms with E-state index in [2.05, 4.69) is 87.8 Å². The minimum atomic E-state index is -0.519. The Labute approximate surface area is 328 Å². The number of morpholine rings is 1. The molecular formula is C47H65N5O3. The summed E-state index contributed by atoms with van der Waals surface area (Å²) in [4.78, 5) is 21.2. The number of nitrogens with one attached hydrogen (secondary N) is 2. The summed E-state index contributed by atoms with van der Waals surface area (Å²) in [7, 11) is 0. The fourth-order valence-electron chi connectivity index (χ4n) is 14.0. The van der Waals surface area contributed by atoms with Crippen molar-refractivity contribution in [2.45, 2.75) is 125 Å². The lowest BCUT2D eigenvalue weighted by atomic mass is 9.33. The van der Waals surface area contributed by atoms with Crippen LogP contribution >= 0.6 is 0 Å². The van der Waals surface area contributed by atoms with Crippen molar-refractivity contribution in [3.05, 3.63) is 76.2 Å². The molecule has 6 aliphatic rings. The van der Waals surface area contributed by atoms with Gasteiger partial charge in [-0.3, -0.25) is 14.8 Å². The molecule has 0 radical (unpaired) electrons. The number of esters is 1. The van der Waals surface area contributed by atoms with Crippen LogP contribution in [0.2, 0.25) is 0 Å². The van der Waals surface area contributed by atoms with E-state index in [0.717, 1.165) is 89.2 Å². The Bertz CT molecular complexity index is 1990. The number of allylic oxidation sites excluding steroid dienone is 2. The fourth-order valence-corrected chi connectivity index (χ4v) is 14.0. The fraction of sp³-hybridized carbons (Fsp3) is 0.660. The number of carbonyl (C=O) groups excluding carboxylic acids is 1. The van der Waals surface area contributed by atoms with Crippen LogP contribution in [0.4, 0.5) is 5.82 Å². The average molecular weight is 748 g/mol. The topological polar surface area (TPSA) is 109 Å². The molecule has 55 heavy (non-hydrogen) atoms. The van der Waals surface area contributed by atoms with Gasteiger partial charge in [0.05, 0.1) is 24.3 Å². The van der Waals surface area contributed by atoms with Gasteiger partial charge >= 0.3 is 5.97 Å². The zero-order valence-corrected chi connectivity index (χ0v) is 34.6. The number of aromatic amines is 2. The number of fused-ring (bicyclic) bond motifs is 8. The summed E-state index contributed by atoms with van der Waals surface area (Å²) in [5, 5.41) is 8.04. The number of ether oxygens (including phenoxy) is 2. The maximum atomic E-state index is 14.9. The Morgan fingerprint density at radius 2 is 1.73 bits per heavy atom. The molecular weight excluding hydrogens is 683 g/mol. The lowest BCUT2D eigenvalue weighted by Crippen LogP contribution is -2.65. The van der Waals surface area contributed by atoms with Gasteiger partial charge in [-0.2, -0.15) is 5.10 Å². The number of benzene rings is 1. The van der Waals surface area contributed by atoms with Gasteiger partial charge in [-0.15, -0.1) is 0 Å². The Balaban J connectivity index is 1.19. The zero-order valence-electron chi connectivity index (χ0n) is 34.6. The van der Waals surface area contributed by atoms with Gasteiger partial charge in [-0.25, -0.2) is 0 Å². The van der Waals surface area contributed by atoms with Crippen LogP contribution in [0.5, 0.6) is 0 Å². The molecule has 8 heteroatoms. The third kappa shape index (κ3) is 5.57. The van der Waals surface area contributed by atoms with Crippen LogP contribution in [-0.2, 0) is 39.3 Å². The smallest absolute Gasteiger partial charge is 0.313 e. The monoisotopic (exact) mass is 748 g/mol. The second kappa shape index (κ2) is 12.8. The number of nitrogen functional groups attached to an aromatic ring is 1. The Morgan fingerprint density at radius 3 is 2.49 bits per heavy atom. The summed E-state index contributed by atoms with van der Waals surface area (Å²) in [5.41, 5.74) is 15.4. The molecule has 3 heterocycles. The largest absolute Gasteiger partial charge is 0.460 e. The molecule has 1 aliphatic heterocycles. The maximum Gasteiger partial charge on any atom is 0.313 e. The van der Waals surface area contributed by atoms with Gasteiger partial charge in [0, 0.05) is 42.5 Å². The lowest BCUT2D eigenvalue weighted by Gasteiger charge is -2.71. The first-order valence-electron chi connectivity index (χ1n) is 21.4. The molecule has 8 nitrogen and oxygen atoms in total. The van der Waals surface area contributed by atoms with E-state index in [1.807, 2.05) is 18.2 Å². The molecule has 7 atom stereocenters. The summed E-state index contributed by atoms with van der Waals surface area (Å²) in [6.07, 6.45) is 11.5. The Morgan fingerprint density at radius 1 is 0.982 bits per heavy atom. The first-order chi connectivity index (χ1) is 26.1. The summed E-state index contributed by atoms with van der Waals surface area (Å²) in [6.45, 7) is 22.4. The highest BCUT2D eigenvalue weighted by Crippen LogP contribution is 2.77. The number of H-pyrrole nitrogens is 2. The van der Waals surface area contributed by atoms with Crippen molar-refractivity contribution >= 4 is 17.4 Å². The second-order valence-electron chi connectivity index (χ2n) is 20.8. The first kappa shape index (κ1) is 37.2. The zero-order chi connectivity index (χ0) is 38.6. The molecule has 0 spiro atoms. The van der Waals surface area contributed by atoms with Crippen LogP contribution in [0.15, 0.2) is 48.2 Å². The molecule has 3 saturated carbocycles. The number of nitrogens with zero attached hydrogens (tertiary/aromatic N) is 2. The molecule has 0 bridgehead atoms. The molecule has 296 valence electrons. The summed E-state index contributed by atoms with van der Waals surface area (Å²) < 4.78 is 12.1. The molecule has 1 saturated heterocycles. The molecule has 1 aromatic carbocycles. The molecule has 4 N–H and O–H groups in total.